The zero-order chi connectivity index (χ0) is 15.2. The molecule has 0 saturated heterocycles. The molecule has 0 fully saturated rings. The van der Waals surface area contributed by atoms with E-state index in [1.807, 2.05) is 30.3 Å². The van der Waals surface area contributed by atoms with Gasteiger partial charge in [-0.15, -0.1) is 0 Å². The summed E-state index contributed by atoms with van der Waals surface area (Å²) in [4.78, 5) is 4.35. The van der Waals surface area contributed by atoms with Crippen LogP contribution in [-0.4, -0.2) is 11.5 Å². The molecule has 0 amide bonds. The summed E-state index contributed by atoms with van der Waals surface area (Å²) in [6.45, 7) is 8.16. The number of ether oxygens (including phenoxy) is 1. The third kappa shape index (κ3) is 4.83. The lowest BCUT2D eigenvalue weighted by Crippen LogP contribution is -2.19. The SMILES string of the molecule is Cc1ccc(Oc2ncccc2CNCC(C)C)c(Br)c1. The molecular weight excluding hydrogens is 328 g/mol. The van der Waals surface area contributed by atoms with Gasteiger partial charge in [-0.2, -0.15) is 0 Å². The Bertz CT molecular complexity index is 599. The van der Waals surface area contributed by atoms with Gasteiger partial charge in [0.25, 0.3) is 0 Å². The van der Waals surface area contributed by atoms with E-state index in [2.05, 4.69) is 47.0 Å². The highest BCUT2D eigenvalue weighted by Crippen LogP contribution is 2.30. The highest BCUT2D eigenvalue weighted by Gasteiger charge is 2.08. The lowest BCUT2D eigenvalue weighted by atomic mass is 10.2. The fourth-order valence-corrected chi connectivity index (χ4v) is 2.51. The van der Waals surface area contributed by atoms with E-state index in [-0.39, 0.29) is 0 Å². The topological polar surface area (TPSA) is 34.1 Å². The minimum absolute atomic E-state index is 0.622. The van der Waals surface area contributed by atoms with Crippen LogP contribution in [0.4, 0.5) is 0 Å². The van der Waals surface area contributed by atoms with Gasteiger partial charge in [0.2, 0.25) is 5.88 Å². The van der Waals surface area contributed by atoms with Crippen LogP contribution in [0, 0.1) is 12.8 Å². The van der Waals surface area contributed by atoms with Crippen molar-refractivity contribution in [2.24, 2.45) is 5.92 Å². The number of nitrogens with one attached hydrogen (secondary N) is 1. The second-order valence-corrected chi connectivity index (χ2v) is 6.38. The molecule has 0 atom stereocenters. The summed E-state index contributed by atoms with van der Waals surface area (Å²) in [5.41, 5.74) is 2.25. The molecule has 0 spiro atoms. The molecule has 4 heteroatoms. The molecule has 1 aromatic carbocycles. The van der Waals surface area contributed by atoms with Gasteiger partial charge in [0.05, 0.1) is 4.47 Å². The van der Waals surface area contributed by atoms with Gasteiger partial charge in [-0.05, 0) is 59.1 Å². The highest BCUT2D eigenvalue weighted by atomic mass is 79.9. The number of nitrogens with zero attached hydrogens (tertiary/aromatic N) is 1. The molecule has 0 bridgehead atoms. The van der Waals surface area contributed by atoms with E-state index in [1.165, 1.54) is 5.56 Å². The third-order valence-corrected chi connectivity index (χ3v) is 3.63. The number of aromatic nitrogens is 1. The highest BCUT2D eigenvalue weighted by molar-refractivity contribution is 9.10. The van der Waals surface area contributed by atoms with Gasteiger partial charge in [-0.25, -0.2) is 4.98 Å². The van der Waals surface area contributed by atoms with Crippen molar-refractivity contribution in [1.29, 1.82) is 0 Å². The average molecular weight is 349 g/mol. The number of aryl methyl sites for hydroxylation is 1. The fourth-order valence-electron chi connectivity index (χ4n) is 1.94. The molecule has 0 radical (unpaired) electrons. The quantitative estimate of drug-likeness (QED) is 0.822. The smallest absolute Gasteiger partial charge is 0.223 e. The Hall–Kier alpha value is -1.39. The third-order valence-electron chi connectivity index (χ3n) is 3.01. The van der Waals surface area contributed by atoms with Gasteiger partial charge >= 0.3 is 0 Å². The van der Waals surface area contributed by atoms with Gasteiger partial charge < -0.3 is 10.1 Å². The number of hydrogen-bond acceptors (Lipinski definition) is 3. The van der Waals surface area contributed by atoms with Crippen LogP contribution < -0.4 is 10.1 Å². The van der Waals surface area contributed by atoms with Crippen LogP contribution >= 0.6 is 15.9 Å². The number of benzene rings is 1. The molecule has 2 aromatic rings. The van der Waals surface area contributed by atoms with E-state index in [1.54, 1.807) is 6.20 Å². The summed E-state index contributed by atoms with van der Waals surface area (Å²) >= 11 is 3.53. The summed E-state index contributed by atoms with van der Waals surface area (Å²) < 4.78 is 6.89. The van der Waals surface area contributed by atoms with Crippen LogP contribution in [0.3, 0.4) is 0 Å². The maximum Gasteiger partial charge on any atom is 0.223 e. The zero-order valence-corrected chi connectivity index (χ0v) is 14.3. The van der Waals surface area contributed by atoms with Crippen molar-refractivity contribution >= 4 is 15.9 Å². The normalized spacial score (nSPS) is 10.9. The molecule has 1 aromatic heterocycles. The standard InChI is InChI=1S/C17H21BrN2O/c1-12(2)10-19-11-14-5-4-8-20-17(14)21-16-7-6-13(3)9-15(16)18/h4-9,12,19H,10-11H2,1-3H3. The Morgan fingerprint density at radius 1 is 1.29 bits per heavy atom. The monoisotopic (exact) mass is 348 g/mol. The van der Waals surface area contributed by atoms with Gasteiger partial charge in [0.1, 0.15) is 5.75 Å². The van der Waals surface area contributed by atoms with Crippen molar-refractivity contribution in [1.82, 2.24) is 10.3 Å². The van der Waals surface area contributed by atoms with Crippen LogP contribution in [0.2, 0.25) is 0 Å². The molecule has 0 unspecified atom stereocenters. The molecule has 0 aliphatic heterocycles. The fraction of sp³-hybridized carbons (Fsp3) is 0.353. The van der Waals surface area contributed by atoms with Crippen molar-refractivity contribution < 1.29 is 4.74 Å². The number of hydrogen-bond donors (Lipinski definition) is 1. The van der Waals surface area contributed by atoms with Crippen molar-refractivity contribution in [2.45, 2.75) is 27.3 Å². The predicted molar refractivity (Wildman–Crippen MR) is 89.7 cm³/mol. The van der Waals surface area contributed by atoms with Crippen molar-refractivity contribution in [3.05, 3.63) is 52.1 Å². The second-order valence-electron chi connectivity index (χ2n) is 5.53. The lowest BCUT2D eigenvalue weighted by Gasteiger charge is -2.13. The Morgan fingerprint density at radius 3 is 2.81 bits per heavy atom. The van der Waals surface area contributed by atoms with Gasteiger partial charge in [0, 0.05) is 18.3 Å². The second kappa shape index (κ2) is 7.57. The van der Waals surface area contributed by atoms with Crippen LogP contribution in [0.1, 0.15) is 25.0 Å². The molecule has 0 aliphatic rings. The number of halogens is 1. The first kappa shape index (κ1) is 16.0. The first-order chi connectivity index (χ1) is 10.1. The van der Waals surface area contributed by atoms with E-state index >= 15 is 0 Å². The summed E-state index contributed by atoms with van der Waals surface area (Å²) in [7, 11) is 0. The van der Waals surface area contributed by atoms with Crippen LogP contribution in [-0.2, 0) is 6.54 Å². The molecule has 0 saturated carbocycles. The Kier molecular flexibility index (Phi) is 5.76. The molecule has 3 nitrogen and oxygen atoms in total. The average Bonchev–Trinajstić information content (AvgIpc) is 2.43. The Labute approximate surface area is 134 Å². The van der Waals surface area contributed by atoms with Crippen LogP contribution in [0.15, 0.2) is 41.0 Å². The minimum atomic E-state index is 0.622. The molecule has 2 rings (SSSR count). The van der Waals surface area contributed by atoms with E-state index in [9.17, 15) is 0 Å². The molecule has 0 aliphatic carbocycles. The van der Waals surface area contributed by atoms with Crippen LogP contribution in [0.25, 0.3) is 0 Å². The van der Waals surface area contributed by atoms with E-state index in [0.29, 0.717) is 11.8 Å². The number of rotatable bonds is 6. The van der Waals surface area contributed by atoms with Crippen molar-refractivity contribution in [3.63, 3.8) is 0 Å². The number of pyridine rings is 1. The lowest BCUT2D eigenvalue weighted by molar-refractivity contribution is 0.447. The van der Waals surface area contributed by atoms with Crippen LogP contribution in [0.5, 0.6) is 11.6 Å². The summed E-state index contributed by atoms with van der Waals surface area (Å²) in [5, 5.41) is 3.42. The largest absolute Gasteiger partial charge is 0.438 e. The van der Waals surface area contributed by atoms with Crippen molar-refractivity contribution in [2.75, 3.05) is 6.54 Å². The predicted octanol–water partition coefficient (Wildman–Crippen LogP) is 4.69. The maximum atomic E-state index is 5.95. The first-order valence-corrected chi connectivity index (χ1v) is 7.94. The molecule has 112 valence electrons. The minimum Gasteiger partial charge on any atom is -0.438 e. The van der Waals surface area contributed by atoms with E-state index in [0.717, 1.165) is 28.9 Å². The zero-order valence-electron chi connectivity index (χ0n) is 12.7. The maximum absolute atomic E-state index is 5.95. The van der Waals surface area contributed by atoms with E-state index in [4.69, 9.17) is 4.74 Å². The van der Waals surface area contributed by atoms with Crippen molar-refractivity contribution in [3.8, 4) is 11.6 Å². The molecular formula is C17H21BrN2O. The van der Waals surface area contributed by atoms with Gasteiger partial charge in [0.15, 0.2) is 0 Å². The summed E-state index contributed by atoms with van der Waals surface area (Å²) in [6, 6.07) is 10.00. The molecule has 1 N–H and O–H groups in total. The van der Waals surface area contributed by atoms with E-state index < -0.39 is 0 Å². The first-order valence-electron chi connectivity index (χ1n) is 7.15. The molecule has 21 heavy (non-hydrogen) atoms. The molecule has 1 heterocycles. The Balaban J connectivity index is 2.12. The van der Waals surface area contributed by atoms with Gasteiger partial charge in [-0.3, -0.25) is 0 Å². The van der Waals surface area contributed by atoms with Gasteiger partial charge in [-0.1, -0.05) is 26.0 Å². The summed E-state index contributed by atoms with van der Waals surface area (Å²) in [5.74, 6) is 2.06. The summed E-state index contributed by atoms with van der Waals surface area (Å²) in [6.07, 6.45) is 1.75. The Morgan fingerprint density at radius 2 is 2.10 bits per heavy atom.